The highest BCUT2D eigenvalue weighted by Crippen LogP contribution is 2.42. The minimum atomic E-state index is -0.583. The smallest absolute Gasteiger partial charge is 0.309 e. The van der Waals surface area contributed by atoms with Gasteiger partial charge < -0.3 is 40.9 Å². The van der Waals surface area contributed by atoms with E-state index in [0.717, 1.165) is 360 Å². The van der Waals surface area contributed by atoms with E-state index in [1.807, 2.05) is 0 Å². The fourth-order valence-corrected chi connectivity index (χ4v) is 17.8. The van der Waals surface area contributed by atoms with Crippen LogP contribution in [-0.2, 0) is 19.2 Å². The van der Waals surface area contributed by atoms with Crippen LogP contribution in [0, 0.1) is 21.7 Å². The second kappa shape index (κ2) is 71.1. The maximum absolute atomic E-state index is 13.7. The number of hydrogen-bond donors (Lipinski definition) is 6. The van der Waals surface area contributed by atoms with Crippen LogP contribution in [0.25, 0.3) is 0 Å². The number of rotatable bonds is 86. The van der Waals surface area contributed by atoms with Crippen molar-refractivity contribution in [2.75, 3.05) is 52.4 Å². The summed E-state index contributed by atoms with van der Waals surface area (Å²) in [5.41, 5.74) is -1.27. The van der Waals surface area contributed by atoms with Crippen molar-refractivity contribution >= 4 is 35.7 Å². The van der Waals surface area contributed by atoms with E-state index < -0.39 is 45.5 Å². The van der Waals surface area contributed by atoms with Crippen molar-refractivity contribution < 1.29 is 49.2 Å². The van der Waals surface area contributed by atoms with Gasteiger partial charge in [0.1, 0.15) is 0 Å². The van der Waals surface area contributed by atoms with Crippen LogP contribution in [-0.4, -0.2) is 118 Å². The van der Waals surface area contributed by atoms with Crippen LogP contribution in [0.1, 0.15) is 500 Å². The molecule has 654 valence electrons. The standard InChI is InChI=1S/C98H182N4O10/c1-9-17-25-49-70-95(91(105)106,66-21-13-5)74-53-41-33-29-37-45-57-80-101(81-58-46-38-30-34-42-54-75-96(92(107)108,67-22-14-6)71-50-26-18-10-2)84-62-78-99-89(103)87-64-61-65-88(86-87)90(104)100-79-63-85-102(82-59-47-39-31-35-43-55-76-97(93(109)110,68-23-15-7)72-51-27-19-11-3)83-60-48-40-32-36-44-56-77-98(94(111)112,69-24-16-8)73-52-28-20-12-4/h61,64-65,86H,9-60,62-63,66-85H2,1-8H3,(H,99,103)(H,100,104)(H,105,106)(H,107,108)(H,109,110)(H,111,112). The van der Waals surface area contributed by atoms with E-state index in [1.165, 1.54) is 103 Å². The van der Waals surface area contributed by atoms with Gasteiger partial charge in [0.25, 0.3) is 11.8 Å². The Morgan fingerprint density at radius 2 is 0.411 bits per heavy atom. The lowest BCUT2D eigenvalue weighted by Crippen LogP contribution is -2.32. The second-order valence-corrected chi connectivity index (χ2v) is 35.4. The number of unbranched alkanes of at least 4 members (excludes halogenated alkanes) is 40. The number of nitrogens with one attached hydrogen (secondary N) is 2. The molecule has 14 nitrogen and oxygen atoms in total. The number of carboxylic acids is 4. The van der Waals surface area contributed by atoms with Crippen LogP contribution in [0.5, 0.6) is 0 Å². The molecule has 112 heavy (non-hydrogen) atoms. The third kappa shape index (κ3) is 50.6. The SMILES string of the molecule is CCCCCCC(CCCC)(CCCCCCCCCN(CCCCCCCCCC(CCCC)(CCCCCC)C(=O)O)CCCNC(=O)c1cccc(C(=O)NCCCN(CCCCCCCCCC(CCCC)(CCCCCC)C(=O)O)CCCCCCCCCC(CCCC)(CCCCCC)C(=O)O)c1)C(=O)O. The molecule has 0 aliphatic rings. The fraction of sp³-hybridized carbons (Fsp3) is 0.878. The highest BCUT2D eigenvalue weighted by molar-refractivity contribution is 5.99. The van der Waals surface area contributed by atoms with Gasteiger partial charge >= 0.3 is 23.9 Å². The number of hydrogen-bond acceptors (Lipinski definition) is 8. The van der Waals surface area contributed by atoms with E-state index in [4.69, 9.17) is 0 Å². The molecule has 0 aliphatic heterocycles. The molecule has 0 aliphatic carbocycles. The number of benzene rings is 1. The molecule has 1 aromatic carbocycles. The first-order valence-corrected chi connectivity index (χ1v) is 48.4. The minimum Gasteiger partial charge on any atom is -0.481 e. The molecule has 2 amide bonds. The Labute approximate surface area is 690 Å². The molecule has 0 spiro atoms. The summed E-state index contributed by atoms with van der Waals surface area (Å²) in [5.74, 6) is -2.66. The van der Waals surface area contributed by atoms with Crippen molar-refractivity contribution in [3.8, 4) is 0 Å². The molecule has 0 radical (unpaired) electrons. The van der Waals surface area contributed by atoms with Crippen molar-refractivity contribution in [1.82, 2.24) is 20.4 Å². The van der Waals surface area contributed by atoms with Gasteiger partial charge in [0.15, 0.2) is 0 Å². The van der Waals surface area contributed by atoms with Gasteiger partial charge in [0.05, 0.1) is 21.7 Å². The molecule has 0 aromatic heterocycles. The zero-order valence-corrected chi connectivity index (χ0v) is 74.8. The summed E-state index contributed by atoms with van der Waals surface area (Å²) in [6, 6.07) is 7.12. The second-order valence-electron chi connectivity index (χ2n) is 35.4. The average molecular weight is 1580 g/mol. The van der Waals surface area contributed by atoms with E-state index in [-0.39, 0.29) is 11.8 Å². The maximum Gasteiger partial charge on any atom is 0.309 e. The summed E-state index contributed by atoms with van der Waals surface area (Å²) >= 11 is 0. The van der Waals surface area contributed by atoms with Crippen LogP contribution >= 0.6 is 0 Å². The summed E-state index contributed by atoms with van der Waals surface area (Å²) in [4.78, 5) is 83.5. The zero-order valence-electron chi connectivity index (χ0n) is 74.8. The van der Waals surface area contributed by atoms with E-state index in [9.17, 15) is 49.2 Å². The number of carbonyl (C=O) groups excluding carboxylic acids is 2. The molecule has 0 bridgehead atoms. The monoisotopic (exact) mass is 1580 g/mol. The van der Waals surface area contributed by atoms with E-state index >= 15 is 0 Å². The van der Waals surface area contributed by atoms with Gasteiger partial charge in [-0.05, 0) is 173 Å². The quantitative estimate of drug-likeness (QED) is 0.0336. The lowest BCUT2D eigenvalue weighted by Gasteiger charge is -2.30. The summed E-state index contributed by atoms with van der Waals surface area (Å²) in [6.45, 7) is 24.5. The third-order valence-electron chi connectivity index (χ3n) is 25.7. The van der Waals surface area contributed by atoms with Crippen LogP contribution in [0.4, 0.5) is 0 Å². The van der Waals surface area contributed by atoms with Gasteiger partial charge in [-0.1, -0.05) is 370 Å². The lowest BCUT2D eigenvalue weighted by atomic mass is 9.74. The summed E-state index contributed by atoms with van der Waals surface area (Å²) in [6.07, 6.45) is 69.0. The third-order valence-corrected chi connectivity index (χ3v) is 25.7. The van der Waals surface area contributed by atoms with Crippen LogP contribution in [0.15, 0.2) is 24.3 Å². The van der Waals surface area contributed by atoms with Gasteiger partial charge in [0.2, 0.25) is 0 Å². The first-order chi connectivity index (χ1) is 54.4. The van der Waals surface area contributed by atoms with Crippen molar-refractivity contribution in [3.63, 3.8) is 0 Å². The largest absolute Gasteiger partial charge is 0.481 e. The molecule has 0 saturated carbocycles. The van der Waals surface area contributed by atoms with Crippen molar-refractivity contribution in [2.24, 2.45) is 21.7 Å². The molecular formula is C98H182N4O10. The number of amides is 2. The molecular weight excluding hydrogens is 1390 g/mol. The van der Waals surface area contributed by atoms with E-state index in [2.05, 4.69) is 75.8 Å². The van der Waals surface area contributed by atoms with Crippen molar-refractivity contribution in [3.05, 3.63) is 35.4 Å². The number of nitrogens with zero attached hydrogens (tertiary/aromatic N) is 2. The highest BCUT2D eigenvalue weighted by Gasteiger charge is 2.40. The fourth-order valence-electron chi connectivity index (χ4n) is 17.8. The Morgan fingerprint density at radius 3 is 0.607 bits per heavy atom. The Morgan fingerprint density at radius 1 is 0.241 bits per heavy atom. The Hall–Kier alpha value is -4.04. The van der Waals surface area contributed by atoms with Gasteiger partial charge in [0, 0.05) is 24.2 Å². The van der Waals surface area contributed by atoms with Gasteiger partial charge in [-0.2, -0.15) is 0 Å². The first kappa shape index (κ1) is 106. The maximum atomic E-state index is 13.7. The summed E-state index contributed by atoms with van der Waals surface area (Å²) in [7, 11) is 0. The van der Waals surface area contributed by atoms with Gasteiger partial charge in [-0.25, -0.2) is 0 Å². The highest BCUT2D eigenvalue weighted by atomic mass is 16.4. The molecule has 0 fully saturated rings. The molecule has 6 N–H and O–H groups in total. The zero-order chi connectivity index (χ0) is 82.3. The predicted octanol–water partition coefficient (Wildman–Crippen LogP) is 27.9. The number of aliphatic carboxylic acids is 4. The summed E-state index contributed by atoms with van der Waals surface area (Å²) in [5, 5.41) is 48.2. The molecule has 0 saturated heterocycles. The van der Waals surface area contributed by atoms with Gasteiger partial charge in [-0.15, -0.1) is 0 Å². The molecule has 4 atom stereocenters. The summed E-state index contributed by atoms with van der Waals surface area (Å²) < 4.78 is 0. The predicted molar refractivity (Wildman–Crippen MR) is 474 cm³/mol. The van der Waals surface area contributed by atoms with Crippen molar-refractivity contribution in [2.45, 2.75) is 479 Å². The number of carbonyl (C=O) groups is 6. The Balaban J connectivity index is 2.96. The van der Waals surface area contributed by atoms with E-state index in [1.54, 1.807) is 24.3 Å². The average Bonchev–Trinajstić information content (AvgIpc) is 0.859. The first-order valence-electron chi connectivity index (χ1n) is 48.4. The Kier molecular flexibility index (Phi) is 67.3. The van der Waals surface area contributed by atoms with Crippen LogP contribution < -0.4 is 10.6 Å². The van der Waals surface area contributed by atoms with Crippen LogP contribution in [0.2, 0.25) is 0 Å². The van der Waals surface area contributed by atoms with Crippen molar-refractivity contribution in [1.29, 1.82) is 0 Å². The van der Waals surface area contributed by atoms with E-state index in [0.29, 0.717) is 24.2 Å². The Bertz CT molecular complexity index is 2160. The minimum absolute atomic E-state index is 0.166. The normalized spacial score (nSPS) is 13.9. The molecule has 1 aromatic rings. The lowest BCUT2D eigenvalue weighted by molar-refractivity contribution is -0.151. The topological polar surface area (TPSA) is 214 Å². The molecule has 4 unspecified atom stereocenters. The molecule has 1 rings (SSSR count). The molecule has 0 heterocycles. The van der Waals surface area contributed by atoms with Gasteiger partial charge in [-0.3, -0.25) is 28.8 Å². The molecule has 14 heteroatoms. The van der Waals surface area contributed by atoms with Crippen LogP contribution in [0.3, 0.4) is 0 Å². The number of carboxylic acid groups (broad SMARTS) is 4.